The van der Waals surface area contributed by atoms with E-state index in [2.05, 4.69) is 6.92 Å². The van der Waals surface area contributed by atoms with Crippen molar-refractivity contribution in [3.63, 3.8) is 0 Å². The molecule has 1 atom stereocenters. The first-order valence-electron chi connectivity index (χ1n) is 10.4. The van der Waals surface area contributed by atoms with E-state index in [9.17, 15) is 13.2 Å². The molecule has 0 heterocycles. The summed E-state index contributed by atoms with van der Waals surface area (Å²) in [6.07, 6.45) is 12.1. The first kappa shape index (κ1) is 19.5. The van der Waals surface area contributed by atoms with Crippen LogP contribution in [0.1, 0.15) is 88.2 Å². The summed E-state index contributed by atoms with van der Waals surface area (Å²) >= 11 is 0. The molecule has 1 saturated carbocycles. The van der Waals surface area contributed by atoms with E-state index in [1.807, 2.05) is 0 Å². The van der Waals surface area contributed by atoms with E-state index >= 15 is 0 Å². The quantitative estimate of drug-likeness (QED) is 0.487. The van der Waals surface area contributed by atoms with Crippen LogP contribution in [0.15, 0.2) is 24.0 Å². The van der Waals surface area contributed by atoms with Crippen molar-refractivity contribution in [3.8, 4) is 0 Å². The van der Waals surface area contributed by atoms with Gasteiger partial charge in [-0.2, -0.15) is 0 Å². The van der Waals surface area contributed by atoms with E-state index in [0.29, 0.717) is 18.8 Å². The van der Waals surface area contributed by atoms with E-state index in [1.54, 1.807) is 0 Å². The second-order valence-electron chi connectivity index (χ2n) is 8.31. The van der Waals surface area contributed by atoms with Gasteiger partial charge in [-0.3, -0.25) is 0 Å². The lowest BCUT2D eigenvalue weighted by Gasteiger charge is -2.28. The van der Waals surface area contributed by atoms with Crippen molar-refractivity contribution in [2.75, 3.05) is 0 Å². The highest BCUT2D eigenvalue weighted by molar-refractivity contribution is 5.30. The molecule has 144 valence electrons. The molecule has 0 aromatic heterocycles. The van der Waals surface area contributed by atoms with Gasteiger partial charge in [-0.1, -0.05) is 51.5 Å². The van der Waals surface area contributed by atoms with Gasteiger partial charge < -0.3 is 0 Å². The Labute approximate surface area is 155 Å². The largest absolute Gasteiger partial charge is 0.212 e. The van der Waals surface area contributed by atoms with Gasteiger partial charge in [0.25, 0.3) is 0 Å². The summed E-state index contributed by atoms with van der Waals surface area (Å²) in [6, 6.07) is 3.02. The third-order valence-corrected chi connectivity index (χ3v) is 6.41. The number of hydrogen-bond donors (Lipinski definition) is 0. The van der Waals surface area contributed by atoms with Crippen LogP contribution < -0.4 is 0 Å². The van der Waals surface area contributed by atoms with Crippen LogP contribution in [0.3, 0.4) is 0 Å². The molecule has 3 rings (SSSR count). The number of rotatable bonds is 6. The molecular formula is C23H31F3. The standard InChI is InChI=1S/C23H31F3/c1-2-3-16-4-6-17(7-5-16)8-9-18-14-21(25)23(22(26)15-18)19-10-12-20(24)13-11-19/h12,14-17,19H,2-11,13H2,1H3/t16-,17-,19?. The van der Waals surface area contributed by atoms with E-state index in [-0.39, 0.29) is 23.7 Å². The van der Waals surface area contributed by atoms with E-state index in [4.69, 9.17) is 0 Å². The first-order chi connectivity index (χ1) is 12.6. The minimum absolute atomic E-state index is 0.151. The second kappa shape index (κ2) is 9.10. The van der Waals surface area contributed by atoms with Gasteiger partial charge in [0.15, 0.2) is 0 Å². The Kier molecular flexibility index (Phi) is 6.83. The molecule has 1 aromatic rings. The minimum Gasteiger partial charge on any atom is -0.212 e. The number of allylic oxidation sites excluding steroid dienone is 2. The van der Waals surface area contributed by atoms with Crippen molar-refractivity contribution in [2.45, 2.75) is 83.5 Å². The number of aryl methyl sites for hydroxylation is 1. The maximum Gasteiger partial charge on any atom is 0.129 e. The fourth-order valence-electron chi connectivity index (χ4n) is 4.82. The van der Waals surface area contributed by atoms with Gasteiger partial charge in [-0.25, -0.2) is 13.2 Å². The topological polar surface area (TPSA) is 0 Å². The lowest BCUT2D eigenvalue weighted by Crippen LogP contribution is -2.15. The predicted octanol–water partition coefficient (Wildman–Crippen LogP) is 7.62. The van der Waals surface area contributed by atoms with Crippen LogP contribution in [0, 0.1) is 23.5 Å². The van der Waals surface area contributed by atoms with Crippen molar-refractivity contribution < 1.29 is 13.2 Å². The zero-order valence-electron chi connectivity index (χ0n) is 15.9. The minimum atomic E-state index is -0.452. The lowest BCUT2D eigenvalue weighted by molar-refractivity contribution is 0.252. The molecular weight excluding hydrogens is 333 g/mol. The molecule has 3 heteroatoms. The Morgan fingerprint density at radius 2 is 1.50 bits per heavy atom. The molecule has 0 saturated heterocycles. The molecule has 0 spiro atoms. The summed E-state index contributed by atoms with van der Waals surface area (Å²) in [5.41, 5.74) is 0.912. The van der Waals surface area contributed by atoms with Gasteiger partial charge in [0, 0.05) is 5.56 Å². The van der Waals surface area contributed by atoms with Gasteiger partial charge in [0.05, 0.1) is 5.83 Å². The molecule has 0 bridgehead atoms. The van der Waals surface area contributed by atoms with Crippen LogP contribution in [0.4, 0.5) is 13.2 Å². The van der Waals surface area contributed by atoms with Gasteiger partial charge in [0.1, 0.15) is 11.6 Å². The summed E-state index contributed by atoms with van der Waals surface area (Å²) in [6.45, 7) is 2.25. The van der Waals surface area contributed by atoms with Crippen molar-refractivity contribution in [3.05, 3.63) is 46.8 Å². The third kappa shape index (κ3) is 4.92. The summed E-state index contributed by atoms with van der Waals surface area (Å²) in [7, 11) is 0. The number of benzene rings is 1. The molecule has 0 amide bonds. The average Bonchev–Trinajstić information content (AvgIpc) is 2.62. The fourth-order valence-corrected chi connectivity index (χ4v) is 4.82. The summed E-state index contributed by atoms with van der Waals surface area (Å²) in [4.78, 5) is 0. The van der Waals surface area contributed by atoms with Crippen LogP contribution in [-0.4, -0.2) is 0 Å². The average molecular weight is 364 g/mol. The maximum atomic E-state index is 14.5. The monoisotopic (exact) mass is 364 g/mol. The Morgan fingerprint density at radius 1 is 0.885 bits per heavy atom. The van der Waals surface area contributed by atoms with Crippen LogP contribution in [0.2, 0.25) is 0 Å². The number of halogens is 3. The smallest absolute Gasteiger partial charge is 0.129 e. The fraction of sp³-hybridized carbons (Fsp3) is 0.652. The molecule has 0 N–H and O–H groups in total. The Morgan fingerprint density at radius 3 is 2.04 bits per heavy atom. The molecule has 1 fully saturated rings. The van der Waals surface area contributed by atoms with Crippen LogP contribution in [0.25, 0.3) is 0 Å². The maximum absolute atomic E-state index is 14.5. The predicted molar refractivity (Wildman–Crippen MR) is 101 cm³/mol. The molecule has 0 radical (unpaired) electrons. The van der Waals surface area contributed by atoms with Gasteiger partial charge in [0.2, 0.25) is 0 Å². The summed E-state index contributed by atoms with van der Waals surface area (Å²) in [5.74, 6) is 0.282. The zero-order valence-corrected chi connectivity index (χ0v) is 15.9. The van der Waals surface area contributed by atoms with Crippen molar-refractivity contribution in [1.82, 2.24) is 0 Å². The van der Waals surface area contributed by atoms with Gasteiger partial charge >= 0.3 is 0 Å². The van der Waals surface area contributed by atoms with Crippen molar-refractivity contribution >= 4 is 0 Å². The van der Waals surface area contributed by atoms with Crippen molar-refractivity contribution in [1.29, 1.82) is 0 Å². The lowest BCUT2D eigenvalue weighted by atomic mass is 9.78. The SMILES string of the molecule is CCC[C@H]1CC[C@H](CCc2cc(F)c(C3CC=C(F)CC3)c(F)c2)CC1. The van der Waals surface area contributed by atoms with Gasteiger partial charge in [-0.05, 0) is 67.6 Å². The van der Waals surface area contributed by atoms with Crippen LogP contribution >= 0.6 is 0 Å². The summed E-state index contributed by atoms with van der Waals surface area (Å²) < 4.78 is 42.2. The third-order valence-electron chi connectivity index (χ3n) is 6.41. The zero-order chi connectivity index (χ0) is 18.5. The van der Waals surface area contributed by atoms with Crippen LogP contribution in [-0.2, 0) is 6.42 Å². The molecule has 26 heavy (non-hydrogen) atoms. The molecule has 1 aromatic carbocycles. The molecule has 2 aliphatic carbocycles. The number of hydrogen-bond acceptors (Lipinski definition) is 0. The first-order valence-corrected chi connectivity index (χ1v) is 10.4. The Bertz CT molecular complexity index is 603. The normalized spacial score (nSPS) is 26.6. The molecule has 1 unspecified atom stereocenters. The molecule has 0 nitrogen and oxygen atoms in total. The summed E-state index contributed by atoms with van der Waals surface area (Å²) in [5, 5.41) is 0. The van der Waals surface area contributed by atoms with Gasteiger partial charge in [-0.15, -0.1) is 0 Å². The molecule has 2 aliphatic rings. The second-order valence-corrected chi connectivity index (χ2v) is 8.31. The van der Waals surface area contributed by atoms with E-state index < -0.39 is 11.6 Å². The highest BCUT2D eigenvalue weighted by atomic mass is 19.1. The highest BCUT2D eigenvalue weighted by Gasteiger charge is 2.24. The molecule has 0 aliphatic heterocycles. The van der Waals surface area contributed by atoms with E-state index in [1.165, 1.54) is 56.7 Å². The van der Waals surface area contributed by atoms with E-state index in [0.717, 1.165) is 24.3 Å². The van der Waals surface area contributed by atoms with Crippen molar-refractivity contribution in [2.24, 2.45) is 11.8 Å². The Hall–Kier alpha value is -1.25. The van der Waals surface area contributed by atoms with Crippen LogP contribution in [0.5, 0.6) is 0 Å². The Balaban J connectivity index is 1.57. The highest BCUT2D eigenvalue weighted by Crippen LogP contribution is 2.37.